The average molecular weight is 313 g/mol. The highest BCUT2D eigenvalue weighted by Gasteiger charge is 2.16. The summed E-state index contributed by atoms with van der Waals surface area (Å²) in [5.74, 6) is 0.714. The van der Waals surface area contributed by atoms with Crippen LogP contribution < -0.4 is 10.6 Å². The number of amides is 1. The Bertz CT molecular complexity index is 671. The number of aromatic nitrogens is 2. The first-order valence-corrected chi connectivity index (χ1v) is 7.98. The minimum atomic E-state index is 0.000150. The first-order valence-electron chi connectivity index (χ1n) is 7.98. The van der Waals surface area contributed by atoms with E-state index in [9.17, 15) is 4.79 Å². The fourth-order valence-corrected chi connectivity index (χ4v) is 2.73. The van der Waals surface area contributed by atoms with Gasteiger partial charge in [0.1, 0.15) is 5.82 Å². The Balaban J connectivity index is 1.72. The standard InChI is InChI=1S/C17H23N5O/c1-13-3-5-15(6-4-13)22-16(11-14(2)20-22)19-17(23)12-21-9-7-18-8-10-21/h3-6,11,18H,7-10,12H2,1-2H3,(H,19,23). The van der Waals surface area contributed by atoms with Gasteiger partial charge in [-0.1, -0.05) is 17.7 Å². The van der Waals surface area contributed by atoms with Gasteiger partial charge in [-0.3, -0.25) is 9.69 Å². The third kappa shape index (κ3) is 3.97. The second-order valence-electron chi connectivity index (χ2n) is 5.99. The van der Waals surface area contributed by atoms with Gasteiger partial charge in [0.25, 0.3) is 0 Å². The minimum absolute atomic E-state index is 0.000150. The van der Waals surface area contributed by atoms with Crippen molar-refractivity contribution in [3.05, 3.63) is 41.6 Å². The van der Waals surface area contributed by atoms with E-state index in [0.29, 0.717) is 12.4 Å². The molecule has 1 aromatic carbocycles. The minimum Gasteiger partial charge on any atom is -0.314 e. The summed E-state index contributed by atoms with van der Waals surface area (Å²) in [6.07, 6.45) is 0. The molecule has 122 valence electrons. The SMILES string of the molecule is Cc1ccc(-n2nc(C)cc2NC(=O)CN2CCNCC2)cc1. The van der Waals surface area contributed by atoms with Crippen LogP contribution in [-0.2, 0) is 4.79 Å². The number of hydrogen-bond donors (Lipinski definition) is 2. The molecule has 6 nitrogen and oxygen atoms in total. The second-order valence-corrected chi connectivity index (χ2v) is 5.99. The van der Waals surface area contributed by atoms with Crippen LogP contribution >= 0.6 is 0 Å². The van der Waals surface area contributed by atoms with Crippen molar-refractivity contribution < 1.29 is 4.79 Å². The molecular formula is C17H23N5O. The van der Waals surface area contributed by atoms with Crippen molar-refractivity contribution >= 4 is 11.7 Å². The molecule has 2 N–H and O–H groups in total. The van der Waals surface area contributed by atoms with Gasteiger partial charge in [0, 0.05) is 32.2 Å². The van der Waals surface area contributed by atoms with Crippen molar-refractivity contribution in [2.75, 3.05) is 38.0 Å². The molecule has 3 rings (SSSR count). The van der Waals surface area contributed by atoms with Crippen LogP contribution in [0.3, 0.4) is 0 Å². The molecule has 0 radical (unpaired) electrons. The van der Waals surface area contributed by atoms with Crippen LogP contribution in [-0.4, -0.2) is 53.3 Å². The van der Waals surface area contributed by atoms with Gasteiger partial charge in [0.15, 0.2) is 0 Å². The number of hydrogen-bond acceptors (Lipinski definition) is 4. The monoisotopic (exact) mass is 313 g/mol. The van der Waals surface area contributed by atoms with Gasteiger partial charge in [-0.2, -0.15) is 5.10 Å². The summed E-state index contributed by atoms with van der Waals surface area (Å²) in [5.41, 5.74) is 3.02. The number of benzene rings is 1. The van der Waals surface area contributed by atoms with Crippen LogP contribution in [0.2, 0.25) is 0 Å². The molecule has 2 heterocycles. The maximum absolute atomic E-state index is 12.3. The molecule has 1 aliphatic rings. The third-order valence-corrected chi connectivity index (χ3v) is 3.95. The summed E-state index contributed by atoms with van der Waals surface area (Å²) in [6.45, 7) is 8.08. The van der Waals surface area contributed by atoms with E-state index in [2.05, 4.69) is 20.6 Å². The number of nitrogens with zero attached hydrogens (tertiary/aromatic N) is 3. The molecule has 0 saturated carbocycles. The van der Waals surface area contributed by atoms with E-state index in [1.165, 1.54) is 5.56 Å². The van der Waals surface area contributed by atoms with Gasteiger partial charge >= 0.3 is 0 Å². The molecule has 2 aromatic rings. The lowest BCUT2D eigenvalue weighted by atomic mass is 10.2. The summed E-state index contributed by atoms with van der Waals surface area (Å²) in [4.78, 5) is 14.5. The first kappa shape index (κ1) is 15.7. The van der Waals surface area contributed by atoms with Crippen LogP contribution in [0.5, 0.6) is 0 Å². The van der Waals surface area contributed by atoms with Crippen molar-refractivity contribution in [1.29, 1.82) is 0 Å². The van der Waals surface area contributed by atoms with Crippen LogP contribution in [0.1, 0.15) is 11.3 Å². The number of nitrogens with one attached hydrogen (secondary N) is 2. The predicted octanol–water partition coefficient (Wildman–Crippen LogP) is 1.33. The maximum Gasteiger partial charge on any atom is 0.239 e. The van der Waals surface area contributed by atoms with E-state index in [-0.39, 0.29) is 5.91 Å². The Morgan fingerprint density at radius 3 is 2.61 bits per heavy atom. The molecule has 0 spiro atoms. The van der Waals surface area contributed by atoms with Gasteiger partial charge in [-0.15, -0.1) is 0 Å². The highest BCUT2D eigenvalue weighted by Crippen LogP contribution is 2.17. The zero-order chi connectivity index (χ0) is 16.2. The highest BCUT2D eigenvalue weighted by atomic mass is 16.2. The largest absolute Gasteiger partial charge is 0.314 e. The van der Waals surface area contributed by atoms with Crippen molar-refractivity contribution in [3.63, 3.8) is 0 Å². The number of aryl methyl sites for hydroxylation is 2. The van der Waals surface area contributed by atoms with E-state index in [1.54, 1.807) is 4.68 Å². The summed E-state index contributed by atoms with van der Waals surface area (Å²) >= 11 is 0. The van der Waals surface area contributed by atoms with E-state index < -0.39 is 0 Å². The third-order valence-electron chi connectivity index (χ3n) is 3.95. The van der Waals surface area contributed by atoms with Crippen LogP contribution in [0.4, 0.5) is 5.82 Å². The molecule has 1 amide bonds. The smallest absolute Gasteiger partial charge is 0.239 e. The molecule has 1 aliphatic heterocycles. The molecule has 1 saturated heterocycles. The van der Waals surface area contributed by atoms with Gasteiger partial charge in [0.05, 0.1) is 17.9 Å². The molecule has 6 heteroatoms. The fourth-order valence-electron chi connectivity index (χ4n) is 2.73. The summed E-state index contributed by atoms with van der Waals surface area (Å²) in [6, 6.07) is 9.99. The Hall–Kier alpha value is -2.18. The summed E-state index contributed by atoms with van der Waals surface area (Å²) < 4.78 is 1.78. The molecule has 1 aromatic heterocycles. The van der Waals surface area contributed by atoms with Crippen LogP contribution in [0, 0.1) is 13.8 Å². The number of carbonyl (C=O) groups excluding carboxylic acids is 1. The van der Waals surface area contributed by atoms with Crippen molar-refractivity contribution in [2.24, 2.45) is 0 Å². The fraction of sp³-hybridized carbons (Fsp3) is 0.412. The summed E-state index contributed by atoms with van der Waals surface area (Å²) in [5, 5.41) is 10.8. The topological polar surface area (TPSA) is 62.2 Å². The zero-order valence-electron chi connectivity index (χ0n) is 13.7. The second kappa shape index (κ2) is 6.93. The van der Waals surface area contributed by atoms with E-state index in [1.807, 2.05) is 44.2 Å². The molecule has 23 heavy (non-hydrogen) atoms. The molecule has 0 bridgehead atoms. The Morgan fingerprint density at radius 2 is 1.91 bits per heavy atom. The van der Waals surface area contributed by atoms with Gasteiger partial charge < -0.3 is 10.6 Å². The van der Waals surface area contributed by atoms with Crippen molar-refractivity contribution in [2.45, 2.75) is 13.8 Å². The molecular weight excluding hydrogens is 290 g/mol. The van der Waals surface area contributed by atoms with Crippen LogP contribution in [0.25, 0.3) is 5.69 Å². The lowest BCUT2D eigenvalue weighted by Crippen LogP contribution is -2.46. The average Bonchev–Trinajstić information content (AvgIpc) is 2.89. The quantitative estimate of drug-likeness (QED) is 0.894. The lowest BCUT2D eigenvalue weighted by molar-refractivity contribution is -0.117. The lowest BCUT2D eigenvalue weighted by Gasteiger charge is -2.26. The number of rotatable bonds is 4. The molecule has 1 fully saturated rings. The summed E-state index contributed by atoms with van der Waals surface area (Å²) in [7, 11) is 0. The Morgan fingerprint density at radius 1 is 1.22 bits per heavy atom. The van der Waals surface area contributed by atoms with Gasteiger partial charge in [-0.25, -0.2) is 4.68 Å². The van der Waals surface area contributed by atoms with E-state index in [0.717, 1.165) is 37.6 Å². The Labute approximate surface area is 136 Å². The van der Waals surface area contributed by atoms with Crippen molar-refractivity contribution in [3.8, 4) is 5.69 Å². The van der Waals surface area contributed by atoms with E-state index >= 15 is 0 Å². The number of carbonyl (C=O) groups is 1. The predicted molar refractivity (Wildman–Crippen MR) is 91.0 cm³/mol. The Kier molecular flexibility index (Phi) is 4.73. The maximum atomic E-state index is 12.3. The first-order chi connectivity index (χ1) is 11.1. The highest BCUT2D eigenvalue weighted by molar-refractivity contribution is 5.91. The van der Waals surface area contributed by atoms with E-state index in [4.69, 9.17) is 0 Å². The molecule has 0 atom stereocenters. The van der Waals surface area contributed by atoms with Crippen LogP contribution in [0.15, 0.2) is 30.3 Å². The zero-order valence-corrected chi connectivity index (χ0v) is 13.7. The van der Waals surface area contributed by atoms with Gasteiger partial charge in [0.2, 0.25) is 5.91 Å². The normalized spacial score (nSPS) is 15.6. The van der Waals surface area contributed by atoms with Gasteiger partial charge in [-0.05, 0) is 26.0 Å². The number of anilines is 1. The number of piperazine rings is 1. The molecule has 0 unspecified atom stereocenters. The van der Waals surface area contributed by atoms with Crippen molar-refractivity contribution in [1.82, 2.24) is 20.0 Å². The molecule has 0 aliphatic carbocycles.